The topological polar surface area (TPSA) is 55.8 Å². The van der Waals surface area contributed by atoms with Crippen molar-refractivity contribution >= 4 is 11.6 Å². The van der Waals surface area contributed by atoms with Crippen LogP contribution in [-0.4, -0.2) is 66.7 Å². The number of β-amino-alcohol motifs (C(OH)–C–C–N with tert-alkyl or cyclic N) is 1. The predicted octanol–water partition coefficient (Wildman–Crippen LogP) is 0.795. The smallest absolute Gasteiger partial charge is 0.253 e. The number of amides is 1. The molecule has 0 saturated carbocycles. The Kier molecular flexibility index (Phi) is 4.41. The Hall–Kier alpha value is -1.59. The number of aliphatic hydroxyl groups excluding tert-OH is 1. The number of rotatable bonds is 3. The lowest BCUT2D eigenvalue weighted by Crippen LogP contribution is -2.49. The van der Waals surface area contributed by atoms with E-state index >= 15 is 0 Å². The van der Waals surface area contributed by atoms with Crippen molar-refractivity contribution in [2.75, 3.05) is 51.2 Å². The maximum Gasteiger partial charge on any atom is 0.253 e. The van der Waals surface area contributed by atoms with Gasteiger partial charge in [-0.05, 0) is 36.6 Å². The van der Waals surface area contributed by atoms with Crippen molar-refractivity contribution in [2.45, 2.75) is 12.8 Å². The number of aryl methyl sites for hydroxylation is 1. The number of fused-ring (bicyclic) bond motifs is 1. The standard InChI is InChI=1S/C16H23N3O2/c20-11-10-18-6-8-19(9-7-18)16(21)14-3-4-15-13(12-14)2-1-5-17-15/h3-4,12,17,20H,1-2,5-11H2. The minimum absolute atomic E-state index is 0.132. The van der Waals surface area contributed by atoms with Crippen molar-refractivity contribution in [2.24, 2.45) is 0 Å². The summed E-state index contributed by atoms with van der Waals surface area (Å²) < 4.78 is 0. The molecular formula is C16H23N3O2. The second-order valence-corrected chi connectivity index (χ2v) is 5.76. The molecule has 1 aromatic carbocycles. The van der Waals surface area contributed by atoms with Gasteiger partial charge in [0, 0.05) is 50.5 Å². The molecule has 1 amide bonds. The van der Waals surface area contributed by atoms with Crippen molar-refractivity contribution in [1.82, 2.24) is 9.80 Å². The highest BCUT2D eigenvalue weighted by Crippen LogP contribution is 2.23. The summed E-state index contributed by atoms with van der Waals surface area (Å²) in [6.07, 6.45) is 2.18. The third-order valence-corrected chi connectivity index (χ3v) is 4.37. The number of nitrogens with zero attached hydrogens (tertiary/aromatic N) is 2. The zero-order valence-electron chi connectivity index (χ0n) is 12.3. The van der Waals surface area contributed by atoms with E-state index in [1.807, 2.05) is 23.1 Å². The highest BCUT2D eigenvalue weighted by atomic mass is 16.3. The summed E-state index contributed by atoms with van der Waals surface area (Å²) in [5.41, 5.74) is 3.23. The van der Waals surface area contributed by atoms with Gasteiger partial charge in [0.15, 0.2) is 0 Å². The third kappa shape index (κ3) is 3.19. The Morgan fingerprint density at radius 3 is 2.81 bits per heavy atom. The van der Waals surface area contributed by atoms with Crippen LogP contribution in [0.5, 0.6) is 0 Å². The summed E-state index contributed by atoms with van der Waals surface area (Å²) in [5, 5.41) is 12.3. The van der Waals surface area contributed by atoms with E-state index in [-0.39, 0.29) is 12.5 Å². The number of carbonyl (C=O) groups is 1. The van der Waals surface area contributed by atoms with Crippen LogP contribution in [0.1, 0.15) is 22.3 Å². The molecule has 5 heteroatoms. The minimum atomic E-state index is 0.132. The maximum absolute atomic E-state index is 12.6. The van der Waals surface area contributed by atoms with Gasteiger partial charge in [-0.1, -0.05) is 0 Å². The molecule has 0 atom stereocenters. The number of hydrogen-bond acceptors (Lipinski definition) is 4. The molecule has 3 rings (SSSR count). The molecule has 0 unspecified atom stereocenters. The number of piperazine rings is 1. The van der Waals surface area contributed by atoms with Gasteiger partial charge in [-0.2, -0.15) is 0 Å². The molecule has 2 aliphatic heterocycles. The fourth-order valence-electron chi connectivity index (χ4n) is 3.11. The van der Waals surface area contributed by atoms with Crippen molar-refractivity contribution in [3.8, 4) is 0 Å². The minimum Gasteiger partial charge on any atom is -0.395 e. The van der Waals surface area contributed by atoms with Gasteiger partial charge in [0.05, 0.1) is 6.61 Å². The largest absolute Gasteiger partial charge is 0.395 e. The first-order valence-corrected chi connectivity index (χ1v) is 7.77. The van der Waals surface area contributed by atoms with Crippen molar-refractivity contribution in [3.05, 3.63) is 29.3 Å². The van der Waals surface area contributed by atoms with Gasteiger partial charge in [-0.15, -0.1) is 0 Å². The van der Waals surface area contributed by atoms with Gasteiger partial charge in [0.2, 0.25) is 0 Å². The first-order valence-electron chi connectivity index (χ1n) is 7.77. The Morgan fingerprint density at radius 1 is 1.24 bits per heavy atom. The van der Waals surface area contributed by atoms with Gasteiger partial charge >= 0.3 is 0 Å². The zero-order chi connectivity index (χ0) is 14.7. The summed E-state index contributed by atoms with van der Waals surface area (Å²) in [7, 11) is 0. The summed E-state index contributed by atoms with van der Waals surface area (Å²) >= 11 is 0. The SMILES string of the molecule is O=C(c1ccc2c(c1)CCCN2)N1CCN(CCO)CC1. The van der Waals surface area contributed by atoms with E-state index in [2.05, 4.69) is 10.2 Å². The number of hydrogen-bond donors (Lipinski definition) is 2. The lowest BCUT2D eigenvalue weighted by molar-refractivity contribution is 0.0615. The molecule has 2 heterocycles. The van der Waals surface area contributed by atoms with Gasteiger partial charge in [0.25, 0.3) is 5.91 Å². The summed E-state index contributed by atoms with van der Waals surface area (Å²) in [4.78, 5) is 16.7. The molecular weight excluding hydrogens is 266 g/mol. The fraction of sp³-hybridized carbons (Fsp3) is 0.562. The molecule has 0 radical (unpaired) electrons. The molecule has 0 bridgehead atoms. The van der Waals surface area contributed by atoms with E-state index in [0.29, 0.717) is 6.54 Å². The van der Waals surface area contributed by atoms with Crippen LogP contribution in [0, 0.1) is 0 Å². The molecule has 0 aromatic heterocycles. The lowest BCUT2D eigenvalue weighted by Gasteiger charge is -2.34. The van der Waals surface area contributed by atoms with Crippen molar-refractivity contribution < 1.29 is 9.90 Å². The Labute approximate surface area is 125 Å². The summed E-state index contributed by atoms with van der Waals surface area (Å²) in [6.45, 7) is 5.09. The summed E-state index contributed by atoms with van der Waals surface area (Å²) in [5.74, 6) is 0.132. The predicted molar refractivity (Wildman–Crippen MR) is 82.7 cm³/mol. The molecule has 1 saturated heterocycles. The molecule has 1 aromatic rings. The van der Waals surface area contributed by atoms with Gasteiger partial charge < -0.3 is 15.3 Å². The lowest BCUT2D eigenvalue weighted by atomic mass is 10.00. The number of nitrogens with one attached hydrogen (secondary N) is 1. The second kappa shape index (κ2) is 6.45. The van der Waals surface area contributed by atoms with Crippen LogP contribution in [0.2, 0.25) is 0 Å². The normalized spacial score (nSPS) is 19.0. The molecule has 5 nitrogen and oxygen atoms in total. The van der Waals surface area contributed by atoms with E-state index in [1.165, 1.54) is 11.3 Å². The first kappa shape index (κ1) is 14.4. The van der Waals surface area contributed by atoms with Crippen LogP contribution in [0.4, 0.5) is 5.69 Å². The fourth-order valence-corrected chi connectivity index (χ4v) is 3.11. The van der Waals surface area contributed by atoms with Crippen LogP contribution in [0.3, 0.4) is 0 Å². The average molecular weight is 289 g/mol. The van der Waals surface area contributed by atoms with Crippen LogP contribution in [0.15, 0.2) is 18.2 Å². The number of benzene rings is 1. The Morgan fingerprint density at radius 2 is 2.05 bits per heavy atom. The number of anilines is 1. The zero-order valence-corrected chi connectivity index (χ0v) is 12.3. The average Bonchev–Trinajstić information content (AvgIpc) is 2.55. The molecule has 114 valence electrons. The molecule has 2 N–H and O–H groups in total. The highest BCUT2D eigenvalue weighted by Gasteiger charge is 2.22. The van der Waals surface area contributed by atoms with Gasteiger partial charge in [0.1, 0.15) is 0 Å². The molecule has 1 fully saturated rings. The van der Waals surface area contributed by atoms with E-state index in [4.69, 9.17) is 5.11 Å². The molecule has 21 heavy (non-hydrogen) atoms. The van der Waals surface area contributed by atoms with E-state index in [0.717, 1.165) is 51.1 Å². The van der Waals surface area contributed by atoms with Crippen molar-refractivity contribution in [1.29, 1.82) is 0 Å². The quantitative estimate of drug-likeness (QED) is 0.864. The van der Waals surface area contributed by atoms with Crippen molar-refractivity contribution in [3.63, 3.8) is 0 Å². The van der Waals surface area contributed by atoms with Crippen LogP contribution in [-0.2, 0) is 6.42 Å². The van der Waals surface area contributed by atoms with E-state index < -0.39 is 0 Å². The molecule has 0 spiro atoms. The third-order valence-electron chi connectivity index (χ3n) is 4.37. The van der Waals surface area contributed by atoms with Crippen LogP contribution < -0.4 is 5.32 Å². The van der Waals surface area contributed by atoms with Gasteiger partial charge in [-0.3, -0.25) is 9.69 Å². The first-order chi connectivity index (χ1) is 10.3. The van der Waals surface area contributed by atoms with Gasteiger partial charge in [-0.25, -0.2) is 0 Å². The Bertz CT molecular complexity index is 510. The van der Waals surface area contributed by atoms with E-state index in [1.54, 1.807) is 0 Å². The van der Waals surface area contributed by atoms with E-state index in [9.17, 15) is 4.79 Å². The highest BCUT2D eigenvalue weighted by molar-refractivity contribution is 5.95. The maximum atomic E-state index is 12.6. The summed E-state index contributed by atoms with van der Waals surface area (Å²) in [6, 6.07) is 6.01. The molecule has 2 aliphatic rings. The molecule has 0 aliphatic carbocycles. The van der Waals surface area contributed by atoms with Crippen LogP contribution in [0.25, 0.3) is 0 Å². The number of aliphatic hydroxyl groups is 1. The second-order valence-electron chi connectivity index (χ2n) is 5.76. The van der Waals surface area contributed by atoms with Crippen LogP contribution >= 0.6 is 0 Å². The monoisotopic (exact) mass is 289 g/mol. The Balaban J connectivity index is 1.66. The number of carbonyl (C=O) groups excluding carboxylic acids is 1.